The molecule has 1 fully saturated rings. The SMILES string of the molecule is Nc1ccc(Cl)c(C(=O)N2CCCSCC2)n1. The molecule has 2 rings (SSSR count). The van der Waals surface area contributed by atoms with E-state index < -0.39 is 0 Å². The molecule has 2 heterocycles. The fourth-order valence-corrected chi connectivity index (χ4v) is 2.78. The second kappa shape index (κ2) is 5.60. The molecule has 1 aliphatic heterocycles. The van der Waals surface area contributed by atoms with Crippen molar-refractivity contribution >= 4 is 35.1 Å². The van der Waals surface area contributed by atoms with Gasteiger partial charge < -0.3 is 10.6 Å². The van der Waals surface area contributed by atoms with Crippen LogP contribution in [-0.4, -0.2) is 40.4 Å². The van der Waals surface area contributed by atoms with Gasteiger partial charge in [-0.25, -0.2) is 4.98 Å². The van der Waals surface area contributed by atoms with Gasteiger partial charge in [0, 0.05) is 18.8 Å². The number of hydrogen-bond donors (Lipinski definition) is 1. The third-order valence-corrected chi connectivity index (χ3v) is 3.93. The maximum Gasteiger partial charge on any atom is 0.274 e. The Morgan fingerprint density at radius 1 is 1.41 bits per heavy atom. The van der Waals surface area contributed by atoms with E-state index >= 15 is 0 Å². The van der Waals surface area contributed by atoms with E-state index in [1.165, 1.54) is 0 Å². The lowest BCUT2D eigenvalue weighted by atomic mass is 10.3. The lowest BCUT2D eigenvalue weighted by Crippen LogP contribution is -2.33. The highest BCUT2D eigenvalue weighted by Gasteiger charge is 2.21. The predicted molar refractivity (Wildman–Crippen MR) is 71.5 cm³/mol. The number of carbonyl (C=O) groups is 1. The molecule has 17 heavy (non-hydrogen) atoms. The molecule has 0 unspecified atom stereocenters. The van der Waals surface area contributed by atoms with Crippen LogP contribution in [-0.2, 0) is 0 Å². The van der Waals surface area contributed by atoms with Gasteiger partial charge in [-0.05, 0) is 24.3 Å². The Kier molecular flexibility index (Phi) is 4.12. The van der Waals surface area contributed by atoms with E-state index in [-0.39, 0.29) is 11.6 Å². The molecule has 2 N–H and O–H groups in total. The summed E-state index contributed by atoms with van der Waals surface area (Å²) in [5, 5.41) is 0.362. The molecule has 6 heteroatoms. The number of anilines is 1. The summed E-state index contributed by atoms with van der Waals surface area (Å²) in [6.45, 7) is 1.51. The lowest BCUT2D eigenvalue weighted by molar-refractivity contribution is 0.0763. The molecule has 0 bridgehead atoms. The minimum absolute atomic E-state index is 0.121. The van der Waals surface area contributed by atoms with Crippen LogP contribution in [0.1, 0.15) is 16.9 Å². The Labute approximate surface area is 110 Å². The first-order valence-corrected chi connectivity index (χ1v) is 7.01. The minimum Gasteiger partial charge on any atom is -0.384 e. The highest BCUT2D eigenvalue weighted by molar-refractivity contribution is 7.99. The number of carbonyl (C=O) groups excluding carboxylic acids is 1. The highest BCUT2D eigenvalue weighted by Crippen LogP contribution is 2.19. The molecule has 92 valence electrons. The van der Waals surface area contributed by atoms with Gasteiger partial charge in [0.1, 0.15) is 11.5 Å². The Hall–Kier alpha value is -0.940. The first-order chi connectivity index (χ1) is 8.18. The Morgan fingerprint density at radius 3 is 3.06 bits per heavy atom. The van der Waals surface area contributed by atoms with Crippen molar-refractivity contribution in [3.63, 3.8) is 0 Å². The maximum atomic E-state index is 12.2. The van der Waals surface area contributed by atoms with Crippen molar-refractivity contribution in [2.75, 3.05) is 30.3 Å². The van der Waals surface area contributed by atoms with Crippen molar-refractivity contribution in [2.45, 2.75) is 6.42 Å². The molecule has 1 aromatic heterocycles. The summed E-state index contributed by atoms with van der Waals surface area (Å²) in [6, 6.07) is 3.21. The summed E-state index contributed by atoms with van der Waals surface area (Å²) >= 11 is 7.85. The fourth-order valence-electron chi connectivity index (χ4n) is 1.71. The van der Waals surface area contributed by atoms with Gasteiger partial charge in [0.2, 0.25) is 0 Å². The van der Waals surface area contributed by atoms with Crippen molar-refractivity contribution in [1.29, 1.82) is 0 Å². The first-order valence-electron chi connectivity index (χ1n) is 5.47. The summed E-state index contributed by atoms with van der Waals surface area (Å²) in [7, 11) is 0. The summed E-state index contributed by atoms with van der Waals surface area (Å²) in [6.07, 6.45) is 1.01. The van der Waals surface area contributed by atoms with Gasteiger partial charge in [-0.3, -0.25) is 4.79 Å². The van der Waals surface area contributed by atoms with Crippen LogP contribution >= 0.6 is 23.4 Å². The van der Waals surface area contributed by atoms with Crippen LogP contribution in [0, 0.1) is 0 Å². The molecule has 0 aromatic carbocycles. The van der Waals surface area contributed by atoms with Crippen molar-refractivity contribution in [3.8, 4) is 0 Å². The van der Waals surface area contributed by atoms with Gasteiger partial charge in [-0.1, -0.05) is 11.6 Å². The van der Waals surface area contributed by atoms with Gasteiger partial charge in [-0.15, -0.1) is 0 Å². The summed E-state index contributed by atoms with van der Waals surface area (Å²) in [5.74, 6) is 2.26. The number of halogens is 1. The number of nitrogen functional groups attached to an aromatic ring is 1. The zero-order valence-electron chi connectivity index (χ0n) is 9.36. The zero-order valence-corrected chi connectivity index (χ0v) is 10.9. The van der Waals surface area contributed by atoms with Gasteiger partial charge in [0.25, 0.3) is 5.91 Å². The van der Waals surface area contributed by atoms with Crippen molar-refractivity contribution in [3.05, 3.63) is 22.8 Å². The second-order valence-corrected chi connectivity index (χ2v) is 5.46. The molecule has 4 nitrogen and oxygen atoms in total. The number of aromatic nitrogens is 1. The molecule has 1 aliphatic rings. The quantitative estimate of drug-likeness (QED) is 0.848. The Bertz CT molecular complexity index is 419. The number of thioether (sulfide) groups is 1. The van der Waals surface area contributed by atoms with E-state index in [4.69, 9.17) is 17.3 Å². The molecule has 0 saturated carbocycles. The normalized spacial score (nSPS) is 16.6. The smallest absolute Gasteiger partial charge is 0.274 e. The summed E-state index contributed by atoms with van der Waals surface area (Å²) in [5.41, 5.74) is 5.84. The summed E-state index contributed by atoms with van der Waals surface area (Å²) < 4.78 is 0. The van der Waals surface area contributed by atoms with E-state index in [1.54, 1.807) is 17.0 Å². The standard InChI is InChI=1S/C11H14ClN3OS/c12-8-2-3-9(13)14-10(8)11(16)15-4-1-6-17-7-5-15/h2-3H,1,4-7H2,(H2,13,14). The number of pyridine rings is 1. The van der Waals surface area contributed by atoms with Crippen LogP contribution in [0.25, 0.3) is 0 Å². The summed E-state index contributed by atoms with van der Waals surface area (Å²) in [4.78, 5) is 18.1. The number of nitrogens with zero attached hydrogens (tertiary/aromatic N) is 2. The molecule has 1 amide bonds. The van der Waals surface area contributed by atoms with E-state index in [0.717, 1.165) is 31.0 Å². The number of nitrogens with two attached hydrogens (primary N) is 1. The third-order valence-electron chi connectivity index (χ3n) is 2.58. The van der Waals surface area contributed by atoms with Crippen LogP contribution in [0.3, 0.4) is 0 Å². The number of amides is 1. The highest BCUT2D eigenvalue weighted by atomic mass is 35.5. The van der Waals surface area contributed by atoms with Crippen LogP contribution < -0.4 is 5.73 Å². The van der Waals surface area contributed by atoms with E-state index in [1.807, 2.05) is 11.8 Å². The second-order valence-electron chi connectivity index (χ2n) is 3.82. The number of hydrogen-bond acceptors (Lipinski definition) is 4. The van der Waals surface area contributed by atoms with Crippen molar-refractivity contribution < 1.29 is 4.79 Å². The van der Waals surface area contributed by atoms with Crippen molar-refractivity contribution in [1.82, 2.24) is 9.88 Å². The fraction of sp³-hybridized carbons (Fsp3) is 0.455. The lowest BCUT2D eigenvalue weighted by Gasteiger charge is -2.19. The minimum atomic E-state index is -0.121. The zero-order chi connectivity index (χ0) is 12.3. The van der Waals surface area contributed by atoms with E-state index in [0.29, 0.717) is 10.8 Å². The van der Waals surface area contributed by atoms with Gasteiger partial charge in [0.05, 0.1) is 5.02 Å². The molecule has 0 radical (unpaired) electrons. The molecule has 0 aliphatic carbocycles. The van der Waals surface area contributed by atoms with Crippen LogP contribution in [0.4, 0.5) is 5.82 Å². The molecular formula is C11H14ClN3OS. The van der Waals surface area contributed by atoms with Gasteiger partial charge in [-0.2, -0.15) is 11.8 Å². The third kappa shape index (κ3) is 3.04. The van der Waals surface area contributed by atoms with Crippen molar-refractivity contribution in [2.24, 2.45) is 0 Å². The molecule has 0 atom stereocenters. The Balaban J connectivity index is 2.20. The molecular weight excluding hydrogens is 258 g/mol. The van der Waals surface area contributed by atoms with Crippen LogP contribution in [0.2, 0.25) is 5.02 Å². The topological polar surface area (TPSA) is 59.2 Å². The Morgan fingerprint density at radius 2 is 2.24 bits per heavy atom. The number of rotatable bonds is 1. The van der Waals surface area contributed by atoms with Gasteiger partial charge in [0.15, 0.2) is 0 Å². The molecule has 1 aromatic rings. The van der Waals surface area contributed by atoms with E-state index in [9.17, 15) is 4.79 Å². The monoisotopic (exact) mass is 271 g/mol. The molecule has 0 spiro atoms. The van der Waals surface area contributed by atoms with Crippen LogP contribution in [0.15, 0.2) is 12.1 Å². The maximum absolute atomic E-state index is 12.2. The van der Waals surface area contributed by atoms with Gasteiger partial charge >= 0.3 is 0 Å². The predicted octanol–water partition coefficient (Wildman–Crippen LogP) is 1.90. The van der Waals surface area contributed by atoms with Crippen LogP contribution in [0.5, 0.6) is 0 Å². The average molecular weight is 272 g/mol. The largest absolute Gasteiger partial charge is 0.384 e. The first kappa shape index (κ1) is 12.5. The van der Waals surface area contributed by atoms with E-state index in [2.05, 4.69) is 4.98 Å². The molecule has 1 saturated heterocycles. The average Bonchev–Trinajstić information content (AvgIpc) is 2.60.